The maximum Gasteiger partial charge on any atom is 0.0659 e. The van der Waals surface area contributed by atoms with Crippen molar-refractivity contribution in [3.8, 4) is 0 Å². The largest absolute Gasteiger partial charge is 0.330 e. The predicted molar refractivity (Wildman–Crippen MR) is 67.7 cm³/mol. The molecule has 1 aliphatic carbocycles. The molecule has 0 radical (unpaired) electrons. The third kappa shape index (κ3) is 2.24. The average Bonchev–Trinajstić information content (AvgIpc) is 3.03. The lowest BCUT2D eigenvalue weighted by Crippen LogP contribution is -2.02. The van der Waals surface area contributed by atoms with Crippen LogP contribution in [0.5, 0.6) is 0 Å². The Hall–Kier alpha value is -1.61. The number of rotatable bonds is 4. The molecule has 1 aromatic heterocycles. The number of hydrogen-bond acceptors (Lipinski definition) is 2. The fraction of sp³-hybridized carbons (Fsp3) is 0.357. The van der Waals surface area contributed by atoms with Gasteiger partial charge >= 0.3 is 0 Å². The molecule has 2 atom stereocenters. The molecule has 2 unspecified atom stereocenters. The molecule has 3 heteroatoms. The van der Waals surface area contributed by atoms with E-state index < -0.39 is 0 Å². The zero-order valence-corrected chi connectivity index (χ0v) is 9.79. The second kappa shape index (κ2) is 4.34. The van der Waals surface area contributed by atoms with E-state index in [0.29, 0.717) is 11.8 Å². The van der Waals surface area contributed by atoms with Gasteiger partial charge in [-0.3, -0.25) is 4.68 Å². The van der Waals surface area contributed by atoms with Crippen molar-refractivity contribution in [2.24, 2.45) is 11.7 Å². The molecule has 3 rings (SSSR count). The van der Waals surface area contributed by atoms with Crippen LogP contribution in [0.1, 0.15) is 23.5 Å². The van der Waals surface area contributed by atoms with Crippen LogP contribution in [0.4, 0.5) is 0 Å². The number of aromatic nitrogens is 2. The highest BCUT2D eigenvalue weighted by Gasteiger charge is 2.37. The molecule has 2 aromatic rings. The molecule has 0 aliphatic heterocycles. The minimum absolute atomic E-state index is 0.657. The maximum absolute atomic E-state index is 5.66. The summed E-state index contributed by atoms with van der Waals surface area (Å²) in [6.45, 7) is 1.65. The number of nitrogens with two attached hydrogens (primary N) is 1. The molecule has 88 valence electrons. The van der Waals surface area contributed by atoms with Gasteiger partial charge in [0.05, 0.1) is 12.7 Å². The fourth-order valence-electron chi connectivity index (χ4n) is 2.34. The van der Waals surface area contributed by atoms with Crippen LogP contribution < -0.4 is 5.73 Å². The second-order valence-electron chi connectivity index (χ2n) is 4.79. The van der Waals surface area contributed by atoms with Gasteiger partial charge in [0, 0.05) is 6.20 Å². The van der Waals surface area contributed by atoms with Crippen molar-refractivity contribution in [2.45, 2.75) is 18.9 Å². The molecule has 0 spiro atoms. The van der Waals surface area contributed by atoms with Crippen molar-refractivity contribution < 1.29 is 0 Å². The normalized spacial score (nSPS) is 22.6. The summed E-state index contributed by atoms with van der Waals surface area (Å²) < 4.78 is 2.01. The minimum atomic E-state index is 0.657. The molecule has 0 saturated heterocycles. The third-order valence-corrected chi connectivity index (χ3v) is 3.49. The van der Waals surface area contributed by atoms with Crippen molar-refractivity contribution in [3.05, 3.63) is 53.9 Å². The Labute approximate surface area is 101 Å². The Morgan fingerprint density at radius 3 is 2.82 bits per heavy atom. The van der Waals surface area contributed by atoms with E-state index in [4.69, 9.17) is 5.73 Å². The fourth-order valence-corrected chi connectivity index (χ4v) is 2.34. The first-order valence-corrected chi connectivity index (χ1v) is 6.13. The predicted octanol–water partition coefficient (Wildman–Crippen LogP) is 1.99. The smallest absolute Gasteiger partial charge is 0.0659 e. The lowest BCUT2D eigenvalue weighted by atomic mass is 10.2. The Kier molecular flexibility index (Phi) is 2.69. The van der Waals surface area contributed by atoms with Crippen LogP contribution in [0.15, 0.2) is 42.7 Å². The number of nitrogens with zero attached hydrogens (tertiary/aromatic N) is 2. The summed E-state index contributed by atoms with van der Waals surface area (Å²) in [7, 11) is 0. The molecule has 1 saturated carbocycles. The van der Waals surface area contributed by atoms with Crippen LogP contribution in [-0.2, 0) is 6.54 Å². The standard InChI is InChI=1S/C14H17N3/c15-7-12-6-14(12)13-8-16-17(10-13)9-11-4-2-1-3-5-11/h1-5,8,10,12,14H,6-7,9,15H2. The van der Waals surface area contributed by atoms with E-state index in [2.05, 4.69) is 35.6 Å². The van der Waals surface area contributed by atoms with E-state index in [0.717, 1.165) is 13.1 Å². The first kappa shape index (κ1) is 10.5. The highest BCUT2D eigenvalue weighted by Crippen LogP contribution is 2.46. The van der Waals surface area contributed by atoms with Gasteiger partial charge in [0.25, 0.3) is 0 Å². The van der Waals surface area contributed by atoms with Crippen LogP contribution in [0.25, 0.3) is 0 Å². The topological polar surface area (TPSA) is 43.8 Å². The van der Waals surface area contributed by atoms with Gasteiger partial charge in [0.2, 0.25) is 0 Å². The Morgan fingerprint density at radius 1 is 1.29 bits per heavy atom. The van der Waals surface area contributed by atoms with E-state index in [1.807, 2.05) is 16.9 Å². The molecule has 2 N–H and O–H groups in total. The molecular formula is C14H17N3. The van der Waals surface area contributed by atoms with Gasteiger partial charge in [0.15, 0.2) is 0 Å². The molecule has 1 aliphatic rings. The van der Waals surface area contributed by atoms with Gasteiger partial charge in [-0.25, -0.2) is 0 Å². The summed E-state index contributed by atoms with van der Waals surface area (Å²) in [5.41, 5.74) is 8.29. The highest BCUT2D eigenvalue weighted by atomic mass is 15.3. The van der Waals surface area contributed by atoms with Crippen LogP contribution in [-0.4, -0.2) is 16.3 Å². The zero-order chi connectivity index (χ0) is 11.7. The molecule has 1 heterocycles. The summed E-state index contributed by atoms with van der Waals surface area (Å²) in [5.74, 6) is 1.34. The van der Waals surface area contributed by atoms with Crippen molar-refractivity contribution >= 4 is 0 Å². The Balaban J connectivity index is 1.69. The monoisotopic (exact) mass is 227 g/mol. The Bertz CT molecular complexity index is 489. The molecular weight excluding hydrogens is 210 g/mol. The molecule has 0 bridgehead atoms. The van der Waals surface area contributed by atoms with E-state index in [1.165, 1.54) is 17.5 Å². The van der Waals surface area contributed by atoms with Crippen LogP contribution >= 0.6 is 0 Å². The van der Waals surface area contributed by atoms with Crippen molar-refractivity contribution in [3.63, 3.8) is 0 Å². The van der Waals surface area contributed by atoms with Crippen LogP contribution in [0.3, 0.4) is 0 Å². The van der Waals surface area contributed by atoms with E-state index in [-0.39, 0.29) is 0 Å². The second-order valence-corrected chi connectivity index (χ2v) is 4.79. The summed E-state index contributed by atoms with van der Waals surface area (Å²) in [4.78, 5) is 0. The molecule has 1 aromatic carbocycles. The van der Waals surface area contributed by atoms with Gasteiger partial charge in [-0.05, 0) is 35.9 Å². The molecule has 0 amide bonds. The molecule has 1 fully saturated rings. The third-order valence-electron chi connectivity index (χ3n) is 3.49. The van der Waals surface area contributed by atoms with Gasteiger partial charge in [-0.1, -0.05) is 30.3 Å². The lowest BCUT2D eigenvalue weighted by Gasteiger charge is -2.00. The summed E-state index contributed by atoms with van der Waals surface area (Å²) in [6, 6.07) is 10.4. The van der Waals surface area contributed by atoms with Gasteiger partial charge in [-0.15, -0.1) is 0 Å². The van der Waals surface area contributed by atoms with Crippen LogP contribution in [0.2, 0.25) is 0 Å². The van der Waals surface area contributed by atoms with Crippen molar-refractivity contribution in [1.82, 2.24) is 9.78 Å². The number of hydrogen-bond donors (Lipinski definition) is 1. The Morgan fingerprint density at radius 2 is 2.12 bits per heavy atom. The summed E-state index contributed by atoms with van der Waals surface area (Å²) >= 11 is 0. The summed E-state index contributed by atoms with van der Waals surface area (Å²) in [5, 5.41) is 4.42. The molecule has 3 nitrogen and oxygen atoms in total. The first-order chi connectivity index (χ1) is 8.36. The maximum atomic E-state index is 5.66. The van der Waals surface area contributed by atoms with Crippen LogP contribution in [0, 0.1) is 5.92 Å². The van der Waals surface area contributed by atoms with E-state index in [1.54, 1.807) is 0 Å². The average molecular weight is 227 g/mol. The van der Waals surface area contributed by atoms with E-state index >= 15 is 0 Å². The lowest BCUT2D eigenvalue weighted by molar-refractivity contribution is 0.685. The highest BCUT2D eigenvalue weighted by molar-refractivity contribution is 5.21. The van der Waals surface area contributed by atoms with E-state index in [9.17, 15) is 0 Å². The zero-order valence-electron chi connectivity index (χ0n) is 9.79. The first-order valence-electron chi connectivity index (χ1n) is 6.13. The summed E-state index contributed by atoms with van der Waals surface area (Å²) in [6.07, 6.45) is 5.38. The quantitative estimate of drug-likeness (QED) is 0.868. The van der Waals surface area contributed by atoms with Crippen molar-refractivity contribution in [2.75, 3.05) is 6.54 Å². The van der Waals surface area contributed by atoms with Gasteiger partial charge in [0.1, 0.15) is 0 Å². The minimum Gasteiger partial charge on any atom is -0.330 e. The SMILES string of the molecule is NCC1CC1c1cnn(Cc2ccccc2)c1. The van der Waals surface area contributed by atoms with Gasteiger partial charge < -0.3 is 5.73 Å². The van der Waals surface area contributed by atoms with Gasteiger partial charge in [-0.2, -0.15) is 5.10 Å². The van der Waals surface area contributed by atoms with Crippen molar-refractivity contribution in [1.29, 1.82) is 0 Å². The molecule has 17 heavy (non-hydrogen) atoms. The number of benzene rings is 1.